The first kappa shape index (κ1) is 24.3. The van der Waals surface area contributed by atoms with Gasteiger partial charge in [0.2, 0.25) is 5.91 Å². The molecular weight excluding hydrogens is 442 g/mol. The summed E-state index contributed by atoms with van der Waals surface area (Å²) >= 11 is 1.21. The number of amides is 3. The van der Waals surface area contributed by atoms with Crippen LogP contribution in [0.25, 0.3) is 11.1 Å². The second kappa shape index (κ2) is 12.0. The Morgan fingerprint density at radius 1 is 1.09 bits per heavy atom. The van der Waals surface area contributed by atoms with Gasteiger partial charge in [-0.05, 0) is 18.6 Å². The van der Waals surface area contributed by atoms with Gasteiger partial charge in [0.1, 0.15) is 12.4 Å². The highest BCUT2D eigenvalue weighted by Gasteiger charge is 2.22. The summed E-state index contributed by atoms with van der Waals surface area (Å²) in [5.41, 5.74) is 2.04. The van der Waals surface area contributed by atoms with Crippen molar-refractivity contribution in [2.24, 2.45) is 0 Å². The van der Waals surface area contributed by atoms with Crippen LogP contribution in [0.5, 0.6) is 5.75 Å². The number of ether oxygens (including phenoxy) is 2. The molecule has 0 aliphatic rings. The van der Waals surface area contributed by atoms with E-state index in [2.05, 4.69) is 20.8 Å². The van der Waals surface area contributed by atoms with Crippen LogP contribution < -0.4 is 15.4 Å². The van der Waals surface area contributed by atoms with Gasteiger partial charge in [-0.3, -0.25) is 10.1 Å². The van der Waals surface area contributed by atoms with Crippen LogP contribution in [0.1, 0.15) is 12.7 Å². The highest BCUT2D eigenvalue weighted by atomic mass is 32.2. The summed E-state index contributed by atoms with van der Waals surface area (Å²) in [6.07, 6.45) is 0. The summed E-state index contributed by atoms with van der Waals surface area (Å²) in [5, 5.41) is 13.1. The van der Waals surface area contributed by atoms with E-state index in [0.29, 0.717) is 24.1 Å². The molecule has 3 rings (SSSR count). The molecule has 1 aromatic heterocycles. The van der Waals surface area contributed by atoms with Crippen molar-refractivity contribution in [3.05, 3.63) is 60.4 Å². The molecule has 2 aromatic carbocycles. The molecule has 0 saturated heterocycles. The molecule has 33 heavy (non-hydrogen) atoms. The van der Waals surface area contributed by atoms with E-state index in [-0.39, 0.29) is 6.61 Å². The fraction of sp³-hybridized carbons (Fsp3) is 0.304. The van der Waals surface area contributed by atoms with Crippen LogP contribution in [0.3, 0.4) is 0 Å². The van der Waals surface area contributed by atoms with Crippen molar-refractivity contribution in [2.75, 3.05) is 20.8 Å². The molecule has 174 valence electrons. The summed E-state index contributed by atoms with van der Waals surface area (Å²) in [4.78, 5) is 23.7. The number of benzene rings is 2. The van der Waals surface area contributed by atoms with E-state index in [1.54, 1.807) is 14.0 Å². The first-order valence-electron chi connectivity index (χ1n) is 10.4. The van der Waals surface area contributed by atoms with E-state index < -0.39 is 17.2 Å². The van der Waals surface area contributed by atoms with Gasteiger partial charge in [0.05, 0.1) is 11.9 Å². The molecule has 0 aliphatic carbocycles. The van der Waals surface area contributed by atoms with Crippen LogP contribution in [0.4, 0.5) is 4.79 Å². The summed E-state index contributed by atoms with van der Waals surface area (Å²) in [6.45, 7) is 2.83. The van der Waals surface area contributed by atoms with Crippen LogP contribution >= 0.6 is 11.8 Å². The van der Waals surface area contributed by atoms with E-state index in [4.69, 9.17) is 9.47 Å². The average Bonchev–Trinajstić information content (AvgIpc) is 3.22. The lowest BCUT2D eigenvalue weighted by Gasteiger charge is -2.14. The molecule has 9 nitrogen and oxygen atoms in total. The minimum Gasteiger partial charge on any atom is -0.485 e. The number of nitrogens with zero attached hydrogens (tertiary/aromatic N) is 3. The smallest absolute Gasteiger partial charge is 0.321 e. The van der Waals surface area contributed by atoms with E-state index in [1.165, 1.54) is 18.8 Å². The average molecular weight is 470 g/mol. The number of thioether (sulfide) groups is 1. The summed E-state index contributed by atoms with van der Waals surface area (Å²) in [7, 11) is 3.06. The fourth-order valence-electron chi connectivity index (χ4n) is 3.00. The zero-order valence-electron chi connectivity index (χ0n) is 18.8. The zero-order chi connectivity index (χ0) is 23.6. The summed E-state index contributed by atoms with van der Waals surface area (Å²) in [6, 6.07) is 17.3. The van der Waals surface area contributed by atoms with Gasteiger partial charge in [0, 0.05) is 26.3 Å². The Balaban J connectivity index is 1.76. The number of methoxy groups -OCH3 is 1. The minimum atomic E-state index is -0.556. The lowest BCUT2D eigenvalue weighted by Crippen LogP contribution is -2.41. The molecule has 10 heteroatoms. The first-order chi connectivity index (χ1) is 16.0. The fourth-order valence-corrected chi connectivity index (χ4v) is 3.89. The molecule has 0 spiro atoms. The Bertz CT molecular complexity index is 1070. The maximum atomic E-state index is 12.2. The van der Waals surface area contributed by atoms with Crippen molar-refractivity contribution in [1.29, 1.82) is 0 Å². The number of urea groups is 1. The number of carbonyl (C=O) groups is 2. The second-order valence-electron chi connectivity index (χ2n) is 7.02. The van der Waals surface area contributed by atoms with Gasteiger partial charge >= 0.3 is 6.03 Å². The van der Waals surface area contributed by atoms with E-state index >= 15 is 0 Å². The third-order valence-corrected chi connectivity index (χ3v) is 5.84. The van der Waals surface area contributed by atoms with Gasteiger partial charge in [-0.25, -0.2) is 4.79 Å². The van der Waals surface area contributed by atoms with Crippen LogP contribution in [-0.2, 0) is 22.7 Å². The molecule has 1 heterocycles. The van der Waals surface area contributed by atoms with Crippen molar-refractivity contribution in [3.8, 4) is 16.9 Å². The first-order valence-corrected chi connectivity index (χ1v) is 11.3. The molecule has 1 atom stereocenters. The Morgan fingerprint density at radius 3 is 2.55 bits per heavy atom. The normalized spacial score (nSPS) is 11.6. The third-order valence-electron chi connectivity index (χ3n) is 4.76. The molecular formula is C23H27N5O4S. The van der Waals surface area contributed by atoms with Crippen LogP contribution in [0.2, 0.25) is 0 Å². The van der Waals surface area contributed by atoms with Gasteiger partial charge in [-0.1, -0.05) is 60.3 Å². The third kappa shape index (κ3) is 6.56. The standard InChI is InChI=1S/C23H27N5O4S/c1-16(21(29)25-22(30)24-2)33-23-27-26-20(28(23)13-14-31-3)15-32-19-12-8-7-11-18(19)17-9-5-4-6-10-17/h4-12,16H,13-15H2,1-3H3,(H2,24,25,29,30). The highest BCUT2D eigenvalue weighted by molar-refractivity contribution is 8.00. The Kier molecular flexibility index (Phi) is 8.85. The van der Waals surface area contributed by atoms with E-state index in [1.807, 2.05) is 59.2 Å². The van der Waals surface area contributed by atoms with Gasteiger partial charge in [0.25, 0.3) is 0 Å². The minimum absolute atomic E-state index is 0.194. The van der Waals surface area contributed by atoms with Crippen LogP contribution in [0.15, 0.2) is 59.8 Å². The monoisotopic (exact) mass is 469 g/mol. The lowest BCUT2D eigenvalue weighted by atomic mass is 10.1. The van der Waals surface area contributed by atoms with Crippen molar-refractivity contribution in [3.63, 3.8) is 0 Å². The molecule has 0 radical (unpaired) electrons. The van der Waals surface area contributed by atoms with Crippen molar-refractivity contribution < 1.29 is 19.1 Å². The number of nitrogens with one attached hydrogen (secondary N) is 2. The molecule has 1 unspecified atom stereocenters. The Labute approximate surface area is 196 Å². The Hall–Kier alpha value is -3.37. The number of hydrogen-bond acceptors (Lipinski definition) is 7. The molecule has 2 N–H and O–H groups in total. The quantitative estimate of drug-likeness (QED) is 0.439. The number of hydrogen-bond donors (Lipinski definition) is 2. The number of aromatic nitrogens is 3. The Morgan fingerprint density at radius 2 is 1.82 bits per heavy atom. The van der Waals surface area contributed by atoms with Crippen LogP contribution in [0, 0.1) is 0 Å². The molecule has 0 bridgehead atoms. The predicted octanol–water partition coefficient (Wildman–Crippen LogP) is 3.11. The number of para-hydroxylation sites is 1. The maximum absolute atomic E-state index is 12.2. The predicted molar refractivity (Wildman–Crippen MR) is 126 cm³/mol. The molecule has 0 aliphatic heterocycles. The maximum Gasteiger partial charge on any atom is 0.321 e. The highest BCUT2D eigenvalue weighted by Crippen LogP contribution is 2.30. The van der Waals surface area contributed by atoms with E-state index in [9.17, 15) is 9.59 Å². The van der Waals surface area contributed by atoms with Crippen molar-refractivity contribution >= 4 is 23.7 Å². The summed E-state index contributed by atoms with van der Waals surface area (Å²) in [5.74, 6) is 0.920. The summed E-state index contributed by atoms with van der Waals surface area (Å²) < 4.78 is 13.2. The molecule has 0 fully saturated rings. The van der Waals surface area contributed by atoms with Crippen molar-refractivity contribution in [2.45, 2.75) is 30.5 Å². The van der Waals surface area contributed by atoms with Gasteiger partial charge in [-0.15, -0.1) is 10.2 Å². The van der Waals surface area contributed by atoms with Gasteiger partial charge < -0.3 is 19.4 Å². The number of rotatable bonds is 10. The van der Waals surface area contributed by atoms with Crippen molar-refractivity contribution in [1.82, 2.24) is 25.4 Å². The lowest BCUT2D eigenvalue weighted by molar-refractivity contribution is -0.119. The number of imide groups is 1. The van der Waals surface area contributed by atoms with Gasteiger partial charge in [-0.2, -0.15) is 0 Å². The number of carbonyl (C=O) groups excluding carboxylic acids is 2. The van der Waals surface area contributed by atoms with Crippen LogP contribution in [-0.4, -0.2) is 52.7 Å². The molecule has 3 amide bonds. The van der Waals surface area contributed by atoms with Gasteiger partial charge in [0.15, 0.2) is 11.0 Å². The second-order valence-corrected chi connectivity index (χ2v) is 8.33. The largest absolute Gasteiger partial charge is 0.485 e. The topological polar surface area (TPSA) is 107 Å². The zero-order valence-corrected chi connectivity index (χ0v) is 19.6. The SMILES string of the molecule is CNC(=O)NC(=O)C(C)Sc1nnc(COc2ccccc2-c2ccccc2)n1CCOC. The van der Waals surface area contributed by atoms with E-state index in [0.717, 1.165) is 16.9 Å². The molecule has 3 aromatic rings. The molecule has 0 saturated carbocycles.